The molecule has 1 heterocycles. The summed E-state index contributed by atoms with van der Waals surface area (Å²) in [6.07, 6.45) is 1.53. The Morgan fingerprint density at radius 1 is 1.12 bits per heavy atom. The first kappa shape index (κ1) is 19.7. The highest BCUT2D eigenvalue weighted by Crippen LogP contribution is 2.21. The predicted molar refractivity (Wildman–Crippen MR) is 99.7 cm³/mol. The third kappa shape index (κ3) is 6.37. The molecule has 0 spiro atoms. The van der Waals surface area contributed by atoms with Crippen LogP contribution in [0.15, 0.2) is 47.1 Å². The lowest BCUT2D eigenvalue weighted by atomic mass is 9.87. The van der Waals surface area contributed by atoms with E-state index in [-0.39, 0.29) is 24.4 Å². The summed E-state index contributed by atoms with van der Waals surface area (Å²) in [5.74, 6) is 0.319. The first-order valence-corrected chi connectivity index (χ1v) is 8.75. The number of hydrogen-bond acceptors (Lipinski definition) is 3. The molecule has 140 valence electrons. The van der Waals surface area contributed by atoms with Gasteiger partial charge in [0.1, 0.15) is 12.3 Å². The highest BCUT2D eigenvalue weighted by Gasteiger charge is 2.15. The number of benzene rings is 1. The van der Waals surface area contributed by atoms with Gasteiger partial charge in [-0.25, -0.2) is 4.79 Å². The number of furan rings is 1. The third-order valence-corrected chi connectivity index (χ3v) is 4.04. The summed E-state index contributed by atoms with van der Waals surface area (Å²) in [7, 11) is 1.93. The predicted octanol–water partition coefficient (Wildman–Crippen LogP) is 1.62. The number of hydrogen-bond donors (Lipinski definition) is 3. The molecule has 0 saturated carbocycles. The lowest BCUT2D eigenvalue weighted by Gasteiger charge is -2.19. The van der Waals surface area contributed by atoms with Crippen LogP contribution in [0.5, 0.6) is 0 Å². The molecule has 6 heteroatoms. The molecule has 2 rings (SSSR count). The van der Waals surface area contributed by atoms with E-state index in [4.69, 9.17) is 4.42 Å². The van der Waals surface area contributed by atoms with Crippen LogP contribution in [0.4, 0.5) is 4.79 Å². The third-order valence-electron chi connectivity index (χ3n) is 4.04. The average molecular weight is 358 g/mol. The first-order valence-electron chi connectivity index (χ1n) is 8.75. The summed E-state index contributed by atoms with van der Waals surface area (Å²) in [5, 5.41) is 4.92. The second-order valence-electron chi connectivity index (χ2n) is 7.57. The molecule has 1 unspecified atom stereocenters. The maximum Gasteiger partial charge on any atom is 0.321 e. The number of quaternary nitrogens is 1. The smallest absolute Gasteiger partial charge is 0.321 e. The molecule has 0 fully saturated rings. The zero-order chi connectivity index (χ0) is 19.2. The van der Waals surface area contributed by atoms with Crippen molar-refractivity contribution in [2.75, 3.05) is 13.6 Å². The monoisotopic (exact) mass is 358 g/mol. The molecular weight excluding hydrogens is 330 g/mol. The molecule has 1 atom stereocenters. The molecule has 0 aliphatic heterocycles. The van der Waals surface area contributed by atoms with Gasteiger partial charge in [-0.3, -0.25) is 10.1 Å². The fourth-order valence-corrected chi connectivity index (χ4v) is 2.60. The number of carbonyl (C=O) groups is 2. The number of nitrogens with one attached hydrogen (secondary N) is 3. The van der Waals surface area contributed by atoms with Gasteiger partial charge in [0.15, 0.2) is 6.54 Å². The van der Waals surface area contributed by atoms with Crippen LogP contribution in [0.1, 0.15) is 37.7 Å². The Labute approximate surface area is 154 Å². The molecule has 0 radical (unpaired) electrons. The lowest BCUT2D eigenvalue weighted by Crippen LogP contribution is -3.09. The number of rotatable bonds is 6. The standard InChI is InChI=1S/C20H27N3O3/c1-20(2,3)16-9-7-15(8-10-16)13-23(4)14-18(24)22-19(25)21-12-17-6-5-11-26-17/h5-11H,12-14H2,1-4H3,(H2,21,22,24,25)/p+1. The van der Waals surface area contributed by atoms with Crippen LogP contribution >= 0.6 is 0 Å². The number of carbonyl (C=O) groups excluding carboxylic acids is 2. The fourth-order valence-electron chi connectivity index (χ4n) is 2.60. The lowest BCUT2D eigenvalue weighted by molar-refractivity contribution is -0.885. The van der Waals surface area contributed by atoms with Crippen LogP contribution in [0.2, 0.25) is 0 Å². The normalized spacial score (nSPS) is 12.5. The van der Waals surface area contributed by atoms with E-state index in [1.54, 1.807) is 12.1 Å². The maximum atomic E-state index is 12.0. The number of imide groups is 1. The fraction of sp³-hybridized carbons (Fsp3) is 0.400. The number of urea groups is 1. The molecule has 2 aromatic rings. The van der Waals surface area contributed by atoms with Gasteiger partial charge in [-0.1, -0.05) is 45.0 Å². The van der Waals surface area contributed by atoms with E-state index in [1.165, 1.54) is 11.8 Å². The second-order valence-corrected chi connectivity index (χ2v) is 7.57. The Bertz CT molecular complexity index is 716. The maximum absolute atomic E-state index is 12.0. The van der Waals surface area contributed by atoms with Crippen molar-refractivity contribution in [2.45, 2.75) is 39.3 Å². The van der Waals surface area contributed by atoms with Crippen LogP contribution < -0.4 is 15.5 Å². The topological polar surface area (TPSA) is 75.8 Å². The molecule has 0 saturated heterocycles. The Morgan fingerprint density at radius 3 is 2.38 bits per heavy atom. The van der Waals surface area contributed by atoms with Crippen molar-refractivity contribution < 1.29 is 18.9 Å². The summed E-state index contributed by atoms with van der Waals surface area (Å²) in [5.41, 5.74) is 2.57. The minimum atomic E-state index is -0.520. The van der Waals surface area contributed by atoms with E-state index in [1.807, 2.05) is 7.05 Å². The Kier molecular flexibility index (Phi) is 6.58. The van der Waals surface area contributed by atoms with Crippen LogP contribution in [-0.4, -0.2) is 25.5 Å². The van der Waals surface area contributed by atoms with Crippen LogP contribution in [0.3, 0.4) is 0 Å². The summed E-state index contributed by atoms with van der Waals surface area (Å²) >= 11 is 0. The zero-order valence-electron chi connectivity index (χ0n) is 15.9. The van der Waals surface area contributed by atoms with Gasteiger partial charge in [0.2, 0.25) is 0 Å². The molecular formula is C20H28N3O3+. The van der Waals surface area contributed by atoms with Gasteiger partial charge in [0, 0.05) is 5.56 Å². The second kappa shape index (κ2) is 8.67. The van der Waals surface area contributed by atoms with Crippen LogP contribution in [-0.2, 0) is 23.3 Å². The zero-order valence-corrected chi connectivity index (χ0v) is 15.9. The molecule has 0 aliphatic rings. The van der Waals surface area contributed by atoms with E-state index in [9.17, 15) is 9.59 Å². The van der Waals surface area contributed by atoms with Crippen molar-refractivity contribution in [1.82, 2.24) is 10.6 Å². The van der Waals surface area contributed by atoms with Crippen LogP contribution in [0, 0.1) is 0 Å². The molecule has 3 N–H and O–H groups in total. The molecule has 0 aliphatic carbocycles. The van der Waals surface area contributed by atoms with Crippen molar-refractivity contribution in [3.63, 3.8) is 0 Å². The Hall–Kier alpha value is -2.60. The van der Waals surface area contributed by atoms with Crippen molar-refractivity contribution in [2.24, 2.45) is 0 Å². The summed E-state index contributed by atoms with van der Waals surface area (Å²) in [6.45, 7) is 7.72. The van der Waals surface area contributed by atoms with Crippen molar-refractivity contribution in [1.29, 1.82) is 0 Å². The van der Waals surface area contributed by atoms with E-state index in [0.717, 1.165) is 10.5 Å². The number of amides is 3. The van der Waals surface area contributed by atoms with Gasteiger partial charge in [-0.2, -0.15) is 0 Å². The number of likely N-dealkylation sites (N-methyl/N-ethyl adjacent to an activating group) is 1. The van der Waals surface area contributed by atoms with Gasteiger partial charge < -0.3 is 14.6 Å². The molecule has 1 aromatic heterocycles. The van der Waals surface area contributed by atoms with Crippen molar-refractivity contribution in [3.8, 4) is 0 Å². The van der Waals surface area contributed by atoms with E-state index >= 15 is 0 Å². The molecule has 0 bridgehead atoms. The van der Waals surface area contributed by atoms with Gasteiger partial charge in [-0.05, 0) is 23.1 Å². The SMILES string of the molecule is C[NH+](CC(=O)NC(=O)NCc1ccco1)Cc1ccc(C(C)(C)C)cc1. The average Bonchev–Trinajstić information content (AvgIpc) is 3.05. The minimum absolute atomic E-state index is 0.125. The van der Waals surface area contributed by atoms with E-state index in [0.29, 0.717) is 12.3 Å². The van der Waals surface area contributed by atoms with Gasteiger partial charge in [0.05, 0.1) is 19.9 Å². The largest absolute Gasteiger partial charge is 0.467 e. The summed E-state index contributed by atoms with van der Waals surface area (Å²) in [4.78, 5) is 24.7. The molecule has 26 heavy (non-hydrogen) atoms. The molecule has 6 nitrogen and oxygen atoms in total. The van der Waals surface area contributed by atoms with Crippen molar-refractivity contribution in [3.05, 3.63) is 59.5 Å². The highest BCUT2D eigenvalue weighted by atomic mass is 16.3. The van der Waals surface area contributed by atoms with Gasteiger partial charge >= 0.3 is 6.03 Å². The molecule has 3 amide bonds. The van der Waals surface area contributed by atoms with Crippen LogP contribution in [0.25, 0.3) is 0 Å². The Balaban J connectivity index is 1.75. The summed E-state index contributed by atoms with van der Waals surface area (Å²) < 4.78 is 5.12. The van der Waals surface area contributed by atoms with Gasteiger partial charge in [0.25, 0.3) is 5.91 Å². The first-order chi connectivity index (χ1) is 12.2. The minimum Gasteiger partial charge on any atom is -0.467 e. The van der Waals surface area contributed by atoms with E-state index in [2.05, 4.69) is 55.7 Å². The quantitative estimate of drug-likeness (QED) is 0.734. The molecule has 1 aromatic carbocycles. The van der Waals surface area contributed by atoms with Crippen molar-refractivity contribution >= 4 is 11.9 Å². The summed E-state index contributed by atoms with van der Waals surface area (Å²) in [6, 6.07) is 11.4. The van der Waals surface area contributed by atoms with Gasteiger partial charge in [-0.15, -0.1) is 0 Å². The van der Waals surface area contributed by atoms with E-state index < -0.39 is 6.03 Å². The highest BCUT2D eigenvalue weighted by molar-refractivity contribution is 5.94. The Morgan fingerprint density at radius 2 is 1.81 bits per heavy atom.